The number of benzene rings is 1. The molecular formula is C19H20Cl2F2NO2+. The quantitative estimate of drug-likeness (QED) is 0.580. The van der Waals surface area contributed by atoms with Crippen LogP contribution in [0.1, 0.15) is 36.8 Å². The maximum Gasteiger partial charge on any atom is 0.387 e. The minimum Gasteiger partial charge on any atom is -0.489 e. The first kappa shape index (κ1) is 19.2. The number of hydrogen-bond acceptors (Lipinski definition) is 2. The lowest BCUT2D eigenvalue weighted by molar-refractivity contribution is -0.377. The summed E-state index contributed by atoms with van der Waals surface area (Å²) < 4.78 is 35.6. The first-order valence-electron chi connectivity index (χ1n) is 8.49. The van der Waals surface area contributed by atoms with E-state index >= 15 is 0 Å². The number of halogens is 4. The number of ether oxygens (including phenoxy) is 2. The zero-order valence-corrected chi connectivity index (χ0v) is 15.8. The van der Waals surface area contributed by atoms with Crippen LogP contribution in [-0.2, 0) is 6.42 Å². The summed E-state index contributed by atoms with van der Waals surface area (Å²) in [6, 6.07) is 5.06. The molecular weight excluding hydrogens is 383 g/mol. The van der Waals surface area contributed by atoms with Gasteiger partial charge in [-0.05, 0) is 48.8 Å². The van der Waals surface area contributed by atoms with Crippen LogP contribution in [0.2, 0.25) is 10.0 Å². The molecule has 1 aromatic heterocycles. The van der Waals surface area contributed by atoms with E-state index in [1.165, 1.54) is 6.07 Å². The van der Waals surface area contributed by atoms with Gasteiger partial charge in [0.05, 0.1) is 6.61 Å². The molecule has 0 bridgehead atoms. The molecule has 0 spiro atoms. The summed E-state index contributed by atoms with van der Waals surface area (Å²) in [7, 11) is 0. The summed E-state index contributed by atoms with van der Waals surface area (Å²) in [6.45, 7) is -0.347. The third kappa shape index (κ3) is 4.98. The highest BCUT2D eigenvalue weighted by Crippen LogP contribution is 2.37. The summed E-state index contributed by atoms with van der Waals surface area (Å²) in [6.07, 6.45) is 6.20. The van der Waals surface area contributed by atoms with E-state index in [2.05, 4.69) is 9.72 Å². The second kappa shape index (κ2) is 8.40. The lowest BCUT2D eigenvalue weighted by Crippen LogP contribution is -2.08. The average Bonchev–Trinajstić information content (AvgIpc) is 3.41. The Morgan fingerprint density at radius 3 is 2.46 bits per heavy atom. The van der Waals surface area contributed by atoms with Gasteiger partial charge >= 0.3 is 6.61 Å². The Morgan fingerprint density at radius 1 is 1.15 bits per heavy atom. The maximum atomic E-state index is 12.6. The van der Waals surface area contributed by atoms with E-state index in [0.717, 1.165) is 24.0 Å². The van der Waals surface area contributed by atoms with Crippen LogP contribution in [0, 0.1) is 5.92 Å². The Hall–Kier alpha value is -1.59. The van der Waals surface area contributed by atoms with Gasteiger partial charge in [0.25, 0.3) is 0 Å². The summed E-state index contributed by atoms with van der Waals surface area (Å²) >= 11 is 12.4. The van der Waals surface area contributed by atoms with Crippen molar-refractivity contribution in [2.45, 2.75) is 38.7 Å². The van der Waals surface area contributed by atoms with E-state index in [0.29, 0.717) is 34.7 Å². The molecule has 1 fully saturated rings. The van der Waals surface area contributed by atoms with Gasteiger partial charge in [-0.2, -0.15) is 8.78 Å². The van der Waals surface area contributed by atoms with E-state index in [1.54, 1.807) is 24.5 Å². The number of aromatic nitrogens is 1. The molecule has 0 radical (unpaired) electrons. The molecule has 1 aliphatic rings. The smallest absolute Gasteiger partial charge is 0.387 e. The molecule has 3 rings (SSSR count). The van der Waals surface area contributed by atoms with Crippen molar-refractivity contribution in [1.29, 1.82) is 0 Å². The predicted molar refractivity (Wildman–Crippen MR) is 96.4 cm³/mol. The van der Waals surface area contributed by atoms with Crippen LogP contribution in [0.5, 0.6) is 11.5 Å². The molecule has 0 saturated heterocycles. The van der Waals surface area contributed by atoms with Crippen LogP contribution >= 0.6 is 23.2 Å². The van der Waals surface area contributed by atoms with Gasteiger partial charge < -0.3 is 9.47 Å². The Morgan fingerprint density at radius 2 is 1.85 bits per heavy atom. The molecule has 1 atom stereocenters. The number of rotatable bonds is 8. The summed E-state index contributed by atoms with van der Waals surface area (Å²) in [5.74, 6) is 0.979. The van der Waals surface area contributed by atoms with E-state index in [4.69, 9.17) is 27.9 Å². The van der Waals surface area contributed by atoms with E-state index < -0.39 is 6.61 Å². The molecule has 0 unspecified atom stereocenters. The molecule has 1 aliphatic carbocycles. The number of nitrogens with one attached hydrogen (secondary N) is 1. The summed E-state index contributed by atoms with van der Waals surface area (Å²) in [5.41, 5.74) is 1.78. The Kier molecular flexibility index (Phi) is 6.20. The molecule has 1 saturated carbocycles. The highest BCUT2D eigenvalue weighted by molar-refractivity contribution is 6.35. The normalized spacial score (nSPS) is 15.2. The van der Waals surface area contributed by atoms with Gasteiger partial charge in [0.15, 0.2) is 23.9 Å². The standard InChI is InChI=1S/C19H19Cl2F2NO2/c1-11(6-14-15(20)8-24-9-16(14)21)13-4-5-17(26-19(22)23)18(7-13)25-10-12-2-3-12/h4-5,7-9,11-12,19H,2-3,6,10H2,1H3/p+1/t11-/m0/s1. The molecule has 1 aromatic carbocycles. The number of H-pyrrole nitrogens is 1. The summed E-state index contributed by atoms with van der Waals surface area (Å²) in [4.78, 5) is 2.88. The molecule has 1 N–H and O–H groups in total. The first-order chi connectivity index (χ1) is 12.4. The van der Waals surface area contributed by atoms with Crippen molar-refractivity contribution in [3.8, 4) is 11.5 Å². The number of hydrogen-bond donors (Lipinski definition) is 0. The first-order valence-corrected chi connectivity index (χ1v) is 9.25. The lowest BCUT2D eigenvalue weighted by atomic mass is 9.94. The second-order valence-corrected chi connectivity index (χ2v) is 7.39. The fraction of sp³-hybridized carbons (Fsp3) is 0.421. The lowest BCUT2D eigenvalue weighted by Gasteiger charge is -2.17. The van der Waals surface area contributed by atoms with Crippen LogP contribution in [0.3, 0.4) is 0 Å². The molecule has 140 valence electrons. The molecule has 1 heterocycles. The fourth-order valence-electron chi connectivity index (χ4n) is 2.72. The van der Waals surface area contributed by atoms with Gasteiger partial charge in [-0.15, -0.1) is 0 Å². The second-order valence-electron chi connectivity index (χ2n) is 6.57. The number of pyridine rings is 1. The van der Waals surface area contributed by atoms with E-state index in [1.807, 2.05) is 6.92 Å². The topological polar surface area (TPSA) is 32.6 Å². The minimum atomic E-state index is -2.89. The van der Waals surface area contributed by atoms with E-state index in [9.17, 15) is 8.78 Å². The van der Waals surface area contributed by atoms with Gasteiger partial charge in [-0.25, -0.2) is 4.98 Å². The van der Waals surface area contributed by atoms with Crippen molar-refractivity contribution >= 4 is 23.2 Å². The van der Waals surface area contributed by atoms with Gasteiger partial charge in [-0.1, -0.05) is 36.2 Å². The van der Waals surface area contributed by atoms with Crippen molar-refractivity contribution in [2.24, 2.45) is 5.92 Å². The largest absolute Gasteiger partial charge is 0.489 e. The van der Waals surface area contributed by atoms with Crippen LogP contribution < -0.4 is 14.5 Å². The summed E-state index contributed by atoms with van der Waals surface area (Å²) in [5, 5.41) is 1.12. The molecule has 3 nitrogen and oxygen atoms in total. The van der Waals surface area contributed by atoms with Crippen molar-refractivity contribution in [1.82, 2.24) is 0 Å². The predicted octanol–water partition coefficient (Wildman–Crippen LogP) is 5.54. The monoisotopic (exact) mass is 402 g/mol. The van der Waals surface area contributed by atoms with Gasteiger partial charge in [0.2, 0.25) is 0 Å². The Labute approximate surface area is 161 Å². The van der Waals surface area contributed by atoms with Crippen LogP contribution in [-0.4, -0.2) is 13.2 Å². The highest BCUT2D eigenvalue weighted by Gasteiger charge is 2.23. The minimum absolute atomic E-state index is 0.0574. The number of aromatic amines is 1. The third-order valence-corrected chi connectivity index (χ3v) is 5.11. The fourth-order valence-corrected chi connectivity index (χ4v) is 3.26. The van der Waals surface area contributed by atoms with Crippen molar-refractivity contribution in [3.63, 3.8) is 0 Å². The zero-order chi connectivity index (χ0) is 18.7. The molecule has 0 amide bonds. The van der Waals surface area contributed by atoms with Crippen molar-refractivity contribution < 1.29 is 23.2 Å². The van der Waals surface area contributed by atoms with Crippen LogP contribution in [0.15, 0.2) is 30.6 Å². The van der Waals surface area contributed by atoms with Crippen LogP contribution in [0.4, 0.5) is 8.78 Å². The number of alkyl halides is 2. The molecule has 26 heavy (non-hydrogen) atoms. The maximum absolute atomic E-state index is 12.6. The molecule has 7 heteroatoms. The highest BCUT2D eigenvalue weighted by atomic mass is 35.5. The van der Waals surface area contributed by atoms with Gasteiger partial charge in [0, 0.05) is 5.56 Å². The molecule has 2 aromatic rings. The van der Waals surface area contributed by atoms with E-state index in [-0.39, 0.29) is 11.7 Å². The third-order valence-electron chi connectivity index (χ3n) is 4.43. The van der Waals surface area contributed by atoms with Gasteiger partial charge in [-0.3, -0.25) is 0 Å². The SMILES string of the molecule is C[C@@H](Cc1c(Cl)c[nH+]cc1Cl)c1ccc(OC(F)F)c(OCC2CC2)c1. The average molecular weight is 403 g/mol. The van der Waals surface area contributed by atoms with Gasteiger partial charge in [0.1, 0.15) is 10.0 Å². The Bertz CT molecular complexity index is 749. The Balaban J connectivity index is 1.80. The zero-order valence-electron chi connectivity index (χ0n) is 14.3. The van der Waals surface area contributed by atoms with Crippen molar-refractivity contribution in [3.05, 3.63) is 51.8 Å². The molecule has 0 aliphatic heterocycles. The van der Waals surface area contributed by atoms with Crippen LogP contribution in [0.25, 0.3) is 0 Å². The van der Waals surface area contributed by atoms with Crippen molar-refractivity contribution in [2.75, 3.05) is 6.61 Å².